The molecule has 0 bridgehead atoms. The van der Waals surface area contributed by atoms with Gasteiger partial charge in [-0.1, -0.05) is 42.8 Å². The van der Waals surface area contributed by atoms with Crippen LogP contribution in [-0.4, -0.2) is 30.5 Å². The summed E-state index contributed by atoms with van der Waals surface area (Å²) in [5.41, 5.74) is 4.39. The Hall–Kier alpha value is -2.84. The van der Waals surface area contributed by atoms with E-state index in [1.54, 1.807) is 0 Å². The quantitative estimate of drug-likeness (QED) is 0.558. The molecule has 0 saturated carbocycles. The first-order valence-corrected chi connectivity index (χ1v) is 10.6. The lowest BCUT2D eigenvalue weighted by molar-refractivity contribution is 0.221. The monoisotopic (exact) mass is 389 g/mol. The molecule has 0 aliphatic carbocycles. The van der Waals surface area contributed by atoms with Gasteiger partial charge in [-0.3, -0.25) is 4.90 Å². The lowest BCUT2D eigenvalue weighted by atomic mass is 10.1. The predicted octanol–water partition coefficient (Wildman–Crippen LogP) is 3.80. The largest absolute Gasteiger partial charge is 0.357 e. The smallest absolute Gasteiger partial charge is 0.191 e. The summed E-state index contributed by atoms with van der Waals surface area (Å²) in [6.45, 7) is 7.71. The molecular weight excluding hydrogens is 358 g/mol. The Balaban J connectivity index is 1.51. The SMILES string of the molecule is CCNC(=NCc1ccc(C#N)cc1)NCc1ccc(CN2CCCCC2)cc1. The summed E-state index contributed by atoms with van der Waals surface area (Å²) in [6, 6.07) is 18.6. The van der Waals surface area contributed by atoms with Crippen LogP contribution in [0.2, 0.25) is 0 Å². The number of nitriles is 1. The highest BCUT2D eigenvalue weighted by Crippen LogP contribution is 2.13. The van der Waals surface area contributed by atoms with Gasteiger partial charge < -0.3 is 10.6 Å². The number of rotatable bonds is 7. The van der Waals surface area contributed by atoms with Crippen LogP contribution in [0.15, 0.2) is 53.5 Å². The highest BCUT2D eigenvalue weighted by atomic mass is 15.2. The number of nitrogens with zero attached hydrogens (tertiary/aromatic N) is 3. The zero-order chi connectivity index (χ0) is 20.3. The van der Waals surface area contributed by atoms with E-state index >= 15 is 0 Å². The van der Waals surface area contributed by atoms with E-state index < -0.39 is 0 Å². The summed E-state index contributed by atoms with van der Waals surface area (Å²) in [7, 11) is 0. The molecule has 3 rings (SSSR count). The molecule has 1 heterocycles. The molecular formula is C24H31N5. The van der Waals surface area contributed by atoms with Crippen LogP contribution in [0.4, 0.5) is 0 Å². The fourth-order valence-electron chi connectivity index (χ4n) is 3.52. The molecule has 29 heavy (non-hydrogen) atoms. The molecule has 5 heteroatoms. The highest BCUT2D eigenvalue weighted by molar-refractivity contribution is 5.79. The van der Waals surface area contributed by atoms with Gasteiger partial charge in [0, 0.05) is 19.6 Å². The third kappa shape index (κ3) is 6.92. The summed E-state index contributed by atoms with van der Waals surface area (Å²) in [4.78, 5) is 7.21. The van der Waals surface area contributed by atoms with E-state index in [2.05, 4.69) is 57.8 Å². The van der Waals surface area contributed by atoms with E-state index in [1.807, 2.05) is 24.3 Å². The van der Waals surface area contributed by atoms with Crippen molar-refractivity contribution in [2.24, 2.45) is 4.99 Å². The van der Waals surface area contributed by atoms with Crippen LogP contribution in [0.3, 0.4) is 0 Å². The molecule has 2 N–H and O–H groups in total. The van der Waals surface area contributed by atoms with Gasteiger partial charge >= 0.3 is 0 Å². The number of aliphatic imine (C=N–C) groups is 1. The second-order valence-corrected chi connectivity index (χ2v) is 7.51. The minimum atomic E-state index is 0.579. The van der Waals surface area contributed by atoms with Crippen molar-refractivity contribution < 1.29 is 0 Å². The van der Waals surface area contributed by atoms with Crippen molar-refractivity contribution in [3.63, 3.8) is 0 Å². The topological polar surface area (TPSA) is 63.5 Å². The fourth-order valence-corrected chi connectivity index (χ4v) is 3.52. The van der Waals surface area contributed by atoms with E-state index in [9.17, 15) is 0 Å². The molecule has 1 saturated heterocycles. The molecule has 0 radical (unpaired) electrons. The first-order chi connectivity index (χ1) is 14.3. The lowest BCUT2D eigenvalue weighted by Gasteiger charge is -2.26. The minimum Gasteiger partial charge on any atom is -0.357 e. The van der Waals surface area contributed by atoms with Crippen molar-refractivity contribution in [2.45, 2.75) is 45.8 Å². The fraction of sp³-hybridized carbons (Fsp3) is 0.417. The first-order valence-electron chi connectivity index (χ1n) is 10.6. The second-order valence-electron chi connectivity index (χ2n) is 7.51. The molecule has 1 fully saturated rings. The van der Waals surface area contributed by atoms with Gasteiger partial charge in [-0.2, -0.15) is 5.26 Å². The van der Waals surface area contributed by atoms with Crippen molar-refractivity contribution >= 4 is 5.96 Å². The van der Waals surface area contributed by atoms with Crippen LogP contribution in [0.5, 0.6) is 0 Å². The molecule has 1 aliphatic heterocycles. The number of likely N-dealkylation sites (tertiary alicyclic amines) is 1. The third-order valence-electron chi connectivity index (χ3n) is 5.18. The molecule has 152 valence electrons. The van der Waals surface area contributed by atoms with E-state index in [4.69, 9.17) is 5.26 Å². The van der Waals surface area contributed by atoms with Crippen LogP contribution in [0.1, 0.15) is 48.4 Å². The van der Waals surface area contributed by atoms with Crippen molar-refractivity contribution in [1.29, 1.82) is 5.26 Å². The molecule has 0 aromatic heterocycles. The van der Waals surface area contributed by atoms with Crippen molar-refractivity contribution in [3.05, 3.63) is 70.8 Å². The van der Waals surface area contributed by atoms with Crippen LogP contribution in [-0.2, 0) is 19.6 Å². The summed E-state index contributed by atoms with van der Waals surface area (Å²) < 4.78 is 0. The average molecular weight is 390 g/mol. The Morgan fingerprint density at radius 2 is 1.59 bits per heavy atom. The second kappa shape index (κ2) is 11.2. The van der Waals surface area contributed by atoms with Crippen molar-refractivity contribution in [1.82, 2.24) is 15.5 Å². The normalized spacial score (nSPS) is 15.0. The van der Waals surface area contributed by atoms with Gasteiger partial charge in [-0.05, 0) is 61.7 Å². The number of nitrogens with one attached hydrogen (secondary N) is 2. The maximum atomic E-state index is 8.89. The van der Waals surface area contributed by atoms with Crippen molar-refractivity contribution in [3.8, 4) is 6.07 Å². The van der Waals surface area contributed by atoms with E-state index in [-0.39, 0.29) is 0 Å². The van der Waals surface area contributed by atoms with Gasteiger partial charge in [0.05, 0.1) is 18.2 Å². The molecule has 0 spiro atoms. The molecule has 2 aromatic rings. The predicted molar refractivity (Wildman–Crippen MR) is 118 cm³/mol. The van der Waals surface area contributed by atoms with E-state index in [0.29, 0.717) is 12.1 Å². The van der Waals surface area contributed by atoms with Crippen molar-refractivity contribution in [2.75, 3.05) is 19.6 Å². The average Bonchev–Trinajstić information content (AvgIpc) is 2.78. The Labute approximate surface area is 174 Å². The number of hydrogen-bond donors (Lipinski definition) is 2. The molecule has 5 nitrogen and oxygen atoms in total. The summed E-state index contributed by atoms with van der Waals surface area (Å²) in [6.07, 6.45) is 4.04. The lowest BCUT2D eigenvalue weighted by Crippen LogP contribution is -2.36. The molecule has 2 aromatic carbocycles. The molecule has 0 amide bonds. The van der Waals surface area contributed by atoms with Gasteiger partial charge in [-0.25, -0.2) is 4.99 Å². The number of guanidine groups is 1. The first kappa shape index (κ1) is 20.9. The Morgan fingerprint density at radius 1 is 0.931 bits per heavy atom. The minimum absolute atomic E-state index is 0.579. The summed E-state index contributed by atoms with van der Waals surface area (Å²) >= 11 is 0. The molecule has 1 aliphatic rings. The molecule has 0 atom stereocenters. The van der Waals surface area contributed by atoms with Gasteiger partial charge in [0.2, 0.25) is 0 Å². The summed E-state index contributed by atoms with van der Waals surface area (Å²) in [5.74, 6) is 0.800. The van der Waals surface area contributed by atoms with Crippen LogP contribution in [0, 0.1) is 11.3 Å². The standard InChI is InChI=1S/C24H31N5/c1-2-26-24(27-17-21-8-6-20(16-25)7-9-21)28-18-22-10-12-23(13-11-22)19-29-14-4-3-5-15-29/h6-13H,2-5,14-15,17-19H2,1H3,(H2,26,27,28). The Bertz CT molecular complexity index is 812. The Morgan fingerprint density at radius 3 is 2.24 bits per heavy atom. The maximum absolute atomic E-state index is 8.89. The van der Waals surface area contributed by atoms with Gasteiger partial charge in [0.1, 0.15) is 0 Å². The van der Waals surface area contributed by atoms with E-state index in [1.165, 1.54) is 43.5 Å². The maximum Gasteiger partial charge on any atom is 0.191 e. The number of piperidine rings is 1. The van der Waals surface area contributed by atoms with Crippen LogP contribution >= 0.6 is 0 Å². The number of benzene rings is 2. The van der Waals surface area contributed by atoms with Crippen LogP contribution < -0.4 is 10.6 Å². The third-order valence-corrected chi connectivity index (χ3v) is 5.18. The van der Waals surface area contributed by atoms with Gasteiger partial charge in [-0.15, -0.1) is 0 Å². The zero-order valence-electron chi connectivity index (χ0n) is 17.3. The number of hydrogen-bond acceptors (Lipinski definition) is 3. The molecule has 0 unspecified atom stereocenters. The van der Waals surface area contributed by atoms with Gasteiger partial charge in [0.15, 0.2) is 5.96 Å². The highest BCUT2D eigenvalue weighted by Gasteiger charge is 2.10. The van der Waals surface area contributed by atoms with Gasteiger partial charge in [0.25, 0.3) is 0 Å². The van der Waals surface area contributed by atoms with E-state index in [0.717, 1.165) is 31.2 Å². The van der Waals surface area contributed by atoms with Crippen LogP contribution in [0.25, 0.3) is 0 Å². The zero-order valence-corrected chi connectivity index (χ0v) is 17.3. The summed E-state index contributed by atoms with van der Waals surface area (Å²) in [5, 5.41) is 15.6. The Kier molecular flexibility index (Phi) is 8.09.